The number of aliphatic hydroxyl groups is 1. The lowest BCUT2D eigenvalue weighted by Gasteiger charge is -2.43. The number of hydroxylamine groups is 3. The molecule has 0 radical (unpaired) electrons. The van der Waals surface area contributed by atoms with Gasteiger partial charge in [-0.2, -0.15) is 0 Å². The summed E-state index contributed by atoms with van der Waals surface area (Å²) in [4.78, 5) is 2.39. The molecule has 0 bridgehead atoms. The van der Waals surface area contributed by atoms with E-state index in [-0.39, 0.29) is 22.3 Å². The summed E-state index contributed by atoms with van der Waals surface area (Å²) in [5.74, 6) is 0.0423. The number of hydrogen-bond acceptors (Lipinski definition) is 4. The highest BCUT2D eigenvalue weighted by Crippen LogP contribution is 2.53. The van der Waals surface area contributed by atoms with E-state index in [2.05, 4.69) is 35.3 Å². The molecule has 2 heterocycles. The highest BCUT2D eigenvalue weighted by molar-refractivity contribution is 5.48. The van der Waals surface area contributed by atoms with Crippen LogP contribution in [-0.4, -0.2) is 60.6 Å². The van der Waals surface area contributed by atoms with Crippen molar-refractivity contribution in [2.24, 2.45) is 5.92 Å². The zero-order chi connectivity index (χ0) is 22.3. The van der Waals surface area contributed by atoms with E-state index in [0.29, 0.717) is 26.2 Å². The Labute approximate surface area is 190 Å². The van der Waals surface area contributed by atoms with Crippen molar-refractivity contribution in [3.05, 3.63) is 75.7 Å². The van der Waals surface area contributed by atoms with E-state index in [0.717, 1.165) is 55.7 Å². The minimum absolute atomic E-state index is 0.0849. The Morgan fingerprint density at radius 3 is 2.62 bits per heavy atom. The Kier molecular flexibility index (Phi) is 5.84. The first-order valence-corrected chi connectivity index (χ1v) is 12.0. The molecule has 6 heteroatoms. The van der Waals surface area contributed by atoms with Crippen molar-refractivity contribution >= 4 is 0 Å². The smallest absolute Gasteiger partial charge is 0.132 e. The number of nitrogens with zero attached hydrogens (tertiary/aromatic N) is 2. The molecule has 0 amide bonds. The van der Waals surface area contributed by atoms with Crippen molar-refractivity contribution in [3.63, 3.8) is 0 Å². The van der Waals surface area contributed by atoms with Gasteiger partial charge >= 0.3 is 0 Å². The number of quaternary nitrogens is 1. The lowest BCUT2D eigenvalue weighted by atomic mass is 9.76. The second-order valence-corrected chi connectivity index (χ2v) is 10.1. The fourth-order valence-corrected chi connectivity index (χ4v) is 6.05. The summed E-state index contributed by atoms with van der Waals surface area (Å²) in [5, 5.41) is 27.8. The average molecular weight is 440 g/mol. The number of piperidine rings is 1. The van der Waals surface area contributed by atoms with Crippen LogP contribution in [-0.2, 0) is 5.60 Å². The van der Waals surface area contributed by atoms with Gasteiger partial charge in [-0.25, -0.2) is 4.39 Å². The van der Waals surface area contributed by atoms with Crippen LogP contribution in [0.3, 0.4) is 0 Å². The third kappa shape index (κ3) is 4.11. The fraction of sp³-hybridized carbons (Fsp3) is 0.538. The van der Waals surface area contributed by atoms with Gasteiger partial charge in [0.1, 0.15) is 12.5 Å². The monoisotopic (exact) mass is 439 g/mol. The van der Waals surface area contributed by atoms with Crippen LogP contribution in [0, 0.1) is 23.9 Å². The third-order valence-electron chi connectivity index (χ3n) is 8.02. The number of halogens is 1. The number of hydrogen-bond donors (Lipinski definition) is 2. The Balaban J connectivity index is 1.31. The Morgan fingerprint density at radius 2 is 1.94 bits per heavy atom. The summed E-state index contributed by atoms with van der Waals surface area (Å²) < 4.78 is 13.4. The van der Waals surface area contributed by atoms with Crippen LogP contribution in [0.5, 0.6) is 0 Å². The van der Waals surface area contributed by atoms with Crippen molar-refractivity contribution in [2.75, 3.05) is 45.9 Å². The van der Waals surface area contributed by atoms with Gasteiger partial charge in [0.15, 0.2) is 0 Å². The molecular weight excluding hydrogens is 405 g/mol. The van der Waals surface area contributed by atoms with Gasteiger partial charge in [-0.15, -0.1) is 0 Å². The lowest BCUT2D eigenvalue weighted by Crippen LogP contribution is -2.49. The van der Waals surface area contributed by atoms with Crippen molar-refractivity contribution in [1.29, 1.82) is 0 Å². The molecule has 3 atom stereocenters. The summed E-state index contributed by atoms with van der Waals surface area (Å²) in [6.07, 6.45) is 2.50. The van der Waals surface area contributed by atoms with E-state index < -0.39 is 5.60 Å². The number of likely N-dealkylation sites (tertiary alicyclic amines) is 1. The van der Waals surface area contributed by atoms with Gasteiger partial charge < -0.3 is 15.0 Å². The van der Waals surface area contributed by atoms with Crippen LogP contribution in [0.15, 0.2) is 42.5 Å². The molecule has 5 rings (SSSR count). The topological polar surface area (TPSA) is 58.6 Å². The molecule has 3 aliphatic rings. The third-order valence-corrected chi connectivity index (χ3v) is 8.02. The van der Waals surface area contributed by atoms with Gasteiger partial charge in [0.05, 0.1) is 25.2 Å². The van der Waals surface area contributed by atoms with Crippen LogP contribution in [0.2, 0.25) is 0 Å². The molecule has 2 aromatic carbocycles. The molecule has 0 saturated carbocycles. The first kappa shape index (κ1) is 22.0. The zero-order valence-electron chi connectivity index (χ0n) is 18.9. The number of benzene rings is 2. The largest absolute Gasteiger partial charge is 0.632 e. The van der Waals surface area contributed by atoms with Gasteiger partial charge in [0.2, 0.25) is 0 Å². The van der Waals surface area contributed by atoms with Gasteiger partial charge in [-0.05, 0) is 74.0 Å². The molecule has 0 aromatic heterocycles. The molecule has 2 N–H and O–H groups in total. The summed E-state index contributed by atoms with van der Waals surface area (Å²) in [7, 11) is 0. The minimum Gasteiger partial charge on any atom is -0.632 e. The molecule has 2 saturated heterocycles. The highest BCUT2D eigenvalue weighted by Gasteiger charge is 2.48. The van der Waals surface area contributed by atoms with Gasteiger partial charge in [-0.1, -0.05) is 35.9 Å². The molecule has 1 aliphatic carbocycles. The Bertz CT molecular complexity index is 952. The van der Waals surface area contributed by atoms with Gasteiger partial charge in [0, 0.05) is 12.5 Å². The number of nitrogens with one attached hydrogen (secondary N) is 1. The second-order valence-electron chi connectivity index (χ2n) is 10.1. The van der Waals surface area contributed by atoms with Crippen molar-refractivity contribution in [2.45, 2.75) is 37.7 Å². The van der Waals surface area contributed by atoms with E-state index in [9.17, 15) is 14.7 Å². The van der Waals surface area contributed by atoms with Gasteiger partial charge in [0.25, 0.3) is 0 Å². The number of rotatable bonds is 5. The van der Waals surface area contributed by atoms with Crippen molar-refractivity contribution in [1.82, 2.24) is 10.2 Å². The van der Waals surface area contributed by atoms with Crippen molar-refractivity contribution in [3.8, 4) is 0 Å². The van der Waals surface area contributed by atoms with E-state index in [1.807, 2.05) is 12.1 Å². The van der Waals surface area contributed by atoms with E-state index in [4.69, 9.17) is 0 Å². The van der Waals surface area contributed by atoms with Crippen LogP contribution in [0.4, 0.5) is 4.39 Å². The molecule has 2 aromatic rings. The molecular formula is C26H34FN3O2. The summed E-state index contributed by atoms with van der Waals surface area (Å²) in [6, 6.07) is 13.1. The maximum Gasteiger partial charge on any atom is 0.132 e. The predicted octanol–water partition coefficient (Wildman–Crippen LogP) is 3.44. The van der Waals surface area contributed by atoms with E-state index >= 15 is 0 Å². The summed E-state index contributed by atoms with van der Waals surface area (Å²) >= 11 is 0. The molecule has 3 unspecified atom stereocenters. The Morgan fingerprint density at radius 1 is 1.19 bits per heavy atom. The van der Waals surface area contributed by atoms with E-state index in [1.54, 1.807) is 0 Å². The zero-order valence-corrected chi connectivity index (χ0v) is 18.9. The minimum atomic E-state index is -0.863. The first-order chi connectivity index (χ1) is 15.4. The first-order valence-electron chi connectivity index (χ1n) is 12.0. The normalized spacial score (nSPS) is 31.2. The Hall–Kier alpha value is -1.83. The summed E-state index contributed by atoms with van der Waals surface area (Å²) in [5.41, 5.74) is 3.58. The number of fused-ring (bicyclic) bond motifs is 1. The average Bonchev–Trinajstić information content (AvgIpc) is 3.36. The molecule has 172 valence electrons. The highest BCUT2D eigenvalue weighted by atomic mass is 19.1. The van der Waals surface area contributed by atoms with E-state index in [1.165, 1.54) is 17.7 Å². The molecule has 5 nitrogen and oxygen atoms in total. The van der Waals surface area contributed by atoms with Crippen LogP contribution in [0.1, 0.15) is 47.4 Å². The van der Waals surface area contributed by atoms with Crippen LogP contribution < -0.4 is 5.32 Å². The fourth-order valence-electron chi connectivity index (χ4n) is 6.05. The quantitative estimate of drug-likeness (QED) is 0.554. The van der Waals surface area contributed by atoms with Crippen LogP contribution in [0.25, 0.3) is 0 Å². The summed E-state index contributed by atoms with van der Waals surface area (Å²) in [6.45, 7) is 7.37. The molecule has 2 fully saturated rings. The second kappa shape index (κ2) is 8.50. The standard InChI is InChI=1S/C26H34FN3O2/c1-19-2-7-23-24(20-3-5-22(27)6-4-20)17-26(31,25(23)16-19)21-8-11-29(12-9-21)13-15-30(32)14-10-28-18-30/h2-7,16,21,24,28,31H,8-15,17-18H2,1H3. The maximum absolute atomic E-state index is 13.5. The van der Waals surface area contributed by atoms with Crippen molar-refractivity contribution < 1.29 is 14.1 Å². The SMILES string of the molecule is Cc1ccc2c(c1)C(O)(C1CCN(CC[N+]3([O-])CCNC3)CC1)CC2c1ccc(F)cc1. The van der Waals surface area contributed by atoms with Gasteiger partial charge in [-0.3, -0.25) is 10.2 Å². The maximum atomic E-state index is 13.5. The predicted molar refractivity (Wildman–Crippen MR) is 123 cm³/mol. The molecule has 0 spiro atoms. The number of aryl methyl sites for hydroxylation is 1. The molecule has 32 heavy (non-hydrogen) atoms. The lowest BCUT2D eigenvalue weighted by molar-refractivity contribution is -0.868. The molecule has 2 aliphatic heterocycles. The van der Waals surface area contributed by atoms with Crippen LogP contribution >= 0.6 is 0 Å².